The maximum Gasteiger partial charge on any atom is 0.305 e. The molecule has 1 aromatic carbocycles. The number of benzene rings is 1. The molecule has 3 unspecified atom stereocenters. The summed E-state index contributed by atoms with van der Waals surface area (Å²) >= 11 is 0. The summed E-state index contributed by atoms with van der Waals surface area (Å²) in [5.74, 6) is -3.32. The van der Waals surface area contributed by atoms with Gasteiger partial charge in [-0.05, 0) is 31.4 Å². The van der Waals surface area contributed by atoms with Crippen molar-refractivity contribution in [3.8, 4) is 0 Å². The highest BCUT2D eigenvalue weighted by molar-refractivity contribution is 7.89. The van der Waals surface area contributed by atoms with Crippen molar-refractivity contribution in [2.24, 2.45) is 0 Å². The standard InChI is InChI=1S/C20H24N4O8S/c25-12-13(11-18(27)28)21-19(29)16-7-4-10-23-17(26)9-8-15(20(30)24(16)23)22-33(31,32)14-5-2-1-3-6-14/h1-3,5-6,12-13,15-16,22H,4,7-11H2,(H,21,29)(H,27,28). The van der Waals surface area contributed by atoms with Crippen molar-refractivity contribution < 1.29 is 37.5 Å². The lowest BCUT2D eigenvalue weighted by Gasteiger charge is -2.43. The Kier molecular flexibility index (Phi) is 7.43. The van der Waals surface area contributed by atoms with Gasteiger partial charge in [0.1, 0.15) is 18.4 Å². The molecular formula is C20H24N4O8S. The number of carbonyl (C=O) groups excluding carboxylic acids is 4. The Morgan fingerprint density at radius 2 is 1.88 bits per heavy atom. The van der Waals surface area contributed by atoms with Gasteiger partial charge in [-0.1, -0.05) is 18.2 Å². The van der Waals surface area contributed by atoms with Crippen molar-refractivity contribution in [3.05, 3.63) is 30.3 Å². The number of amides is 3. The van der Waals surface area contributed by atoms with Crippen LogP contribution in [-0.2, 0) is 34.0 Å². The van der Waals surface area contributed by atoms with Gasteiger partial charge in [-0.15, -0.1) is 0 Å². The first-order valence-electron chi connectivity index (χ1n) is 10.3. The second-order valence-electron chi connectivity index (χ2n) is 7.73. The number of hydrogen-bond donors (Lipinski definition) is 3. The van der Waals surface area contributed by atoms with Gasteiger partial charge in [0.2, 0.25) is 21.8 Å². The molecule has 3 atom stereocenters. The Balaban J connectivity index is 1.85. The van der Waals surface area contributed by atoms with E-state index in [0.717, 1.165) is 10.0 Å². The quantitative estimate of drug-likeness (QED) is 0.399. The normalized spacial score (nSPS) is 22.2. The van der Waals surface area contributed by atoms with Crippen molar-refractivity contribution in [2.75, 3.05) is 6.54 Å². The van der Waals surface area contributed by atoms with E-state index in [2.05, 4.69) is 10.0 Å². The zero-order valence-electron chi connectivity index (χ0n) is 17.5. The molecule has 0 aromatic heterocycles. The van der Waals surface area contributed by atoms with Gasteiger partial charge in [-0.3, -0.25) is 24.2 Å². The molecule has 178 valence electrons. The number of carbonyl (C=O) groups is 5. The van der Waals surface area contributed by atoms with Crippen LogP contribution in [0.15, 0.2) is 35.2 Å². The highest BCUT2D eigenvalue weighted by Gasteiger charge is 2.45. The molecule has 3 rings (SSSR count). The first-order valence-corrected chi connectivity index (χ1v) is 11.8. The first-order chi connectivity index (χ1) is 15.6. The third-order valence-corrected chi connectivity index (χ3v) is 6.89. The van der Waals surface area contributed by atoms with Crippen molar-refractivity contribution in [3.63, 3.8) is 0 Å². The van der Waals surface area contributed by atoms with E-state index in [4.69, 9.17) is 5.11 Å². The SMILES string of the molecule is O=CC(CC(=O)O)NC(=O)C1CCCN2C(=O)CCC(NS(=O)(=O)c3ccccc3)C(=O)N12. The molecule has 3 amide bonds. The molecular weight excluding hydrogens is 456 g/mol. The van der Waals surface area contributed by atoms with E-state index in [1.807, 2.05) is 0 Å². The minimum Gasteiger partial charge on any atom is -0.481 e. The number of rotatable bonds is 8. The Bertz CT molecular complexity index is 1050. The molecule has 2 saturated heterocycles. The third kappa shape index (κ3) is 5.54. The van der Waals surface area contributed by atoms with Gasteiger partial charge in [0, 0.05) is 13.0 Å². The number of carboxylic acid groups (broad SMARTS) is 1. The van der Waals surface area contributed by atoms with Gasteiger partial charge in [0.15, 0.2) is 0 Å². The maximum atomic E-state index is 13.3. The second kappa shape index (κ2) is 10.1. The van der Waals surface area contributed by atoms with Crippen LogP contribution in [0.2, 0.25) is 0 Å². The minimum absolute atomic E-state index is 0.0549. The van der Waals surface area contributed by atoms with E-state index in [9.17, 15) is 32.4 Å². The molecule has 2 aliphatic rings. The monoisotopic (exact) mass is 480 g/mol. The molecule has 1 aromatic rings. The van der Waals surface area contributed by atoms with Gasteiger partial charge in [-0.2, -0.15) is 4.72 Å². The lowest BCUT2D eigenvalue weighted by molar-refractivity contribution is -0.176. The smallest absolute Gasteiger partial charge is 0.305 e. The van der Waals surface area contributed by atoms with Gasteiger partial charge in [-0.25, -0.2) is 13.4 Å². The van der Waals surface area contributed by atoms with Crippen LogP contribution in [0, 0.1) is 0 Å². The first kappa shape index (κ1) is 24.3. The molecule has 0 bridgehead atoms. The van der Waals surface area contributed by atoms with Crippen molar-refractivity contribution in [1.82, 2.24) is 20.1 Å². The van der Waals surface area contributed by atoms with E-state index >= 15 is 0 Å². The number of carboxylic acids is 1. The lowest BCUT2D eigenvalue weighted by Crippen LogP contribution is -2.64. The zero-order valence-corrected chi connectivity index (χ0v) is 18.4. The predicted molar refractivity (Wildman–Crippen MR) is 112 cm³/mol. The number of fused-ring (bicyclic) bond motifs is 1. The summed E-state index contributed by atoms with van der Waals surface area (Å²) in [5.41, 5.74) is 0. The van der Waals surface area contributed by atoms with Crippen LogP contribution < -0.4 is 10.0 Å². The van der Waals surface area contributed by atoms with Crippen molar-refractivity contribution in [2.45, 2.75) is 55.1 Å². The highest BCUT2D eigenvalue weighted by atomic mass is 32.2. The van der Waals surface area contributed by atoms with E-state index in [1.54, 1.807) is 6.07 Å². The Labute approximate surface area is 189 Å². The number of aldehydes is 1. The fourth-order valence-electron chi connectivity index (χ4n) is 3.84. The highest BCUT2D eigenvalue weighted by Crippen LogP contribution is 2.26. The molecule has 13 heteroatoms. The lowest BCUT2D eigenvalue weighted by atomic mass is 10.1. The summed E-state index contributed by atoms with van der Waals surface area (Å²) in [6, 6.07) is 3.61. The van der Waals surface area contributed by atoms with Crippen LogP contribution in [-0.4, -0.2) is 78.2 Å². The molecule has 0 spiro atoms. The van der Waals surface area contributed by atoms with Gasteiger partial charge in [0.25, 0.3) is 5.91 Å². The van der Waals surface area contributed by atoms with Gasteiger partial charge < -0.3 is 15.2 Å². The third-order valence-electron chi connectivity index (χ3n) is 5.40. The van der Waals surface area contributed by atoms with Crippen LogP contribution in [0.4, 0.5) is 0 Å². The summed E-state index contributed by atoms with van der Waals surface area (Å²) in [4.78, 5) is 60.8. The summed E-state index contributed by atoms with van der Waals surface area (Å²) < 4.78 is 27.8. The molecule has 2 heterocycles. The molecule has 0 radical (unpaired) electrons. The summed E-state index contributed by atoms with van der Waals surface area (Å²) in [6.07, 6.45) is -0.0384. The van der Waals surface area contributed by atoms with E-state index < -0.39 is 58.3 Å². The Morgan fingerprint density at radius 3 is 2.52 bits per heavy atom. The molecule has 12 nitrogen and oxygen atoms in total. The Morgan fingerprint density at radius 1 is 1.18 bits per heavy atom. The van der Waals surface area contributed by atoms with Crippen LogP contribution >= 0.6 is 0 Å². The molecule has 2 fully saturated rings. The number of hydrogen-bond acceptors (Lipinski definition) is 7. The van der Waals surface area contributed by atoms with E-state index in [-0.39, 0.29) is 37.0 Å². The van der Waals surface area contributed by atoms with Crippen molar-refractivity contribution >= 4 is 40.0 Å². The van der Waals surface area contributed by atoms with Crippen LogP contribution in [0.5, 0.6) is 0 Å². The second-order valence-corrected chi connectivity index (χ2v) is 9.45. The van der Waals surface area contributed by atoms with Crippen molar-refractivity contribution in [1.29, 1.82) is 0 Å². The maximum absolute atomic E-state index is 13.3. The van der Waals surface area contributed by atoms with E-state index in [1.165, 1.54) is 24.3 Å². The van der Waals surface area contributed by atoms with Gasteiger partial charge >= 0.3 is 5.97 Å². The zero-order chi connectivity index (χ0) is 24.2. The van der Waals surface area contributed by atoms with Crippen LogP contribution in [0.1, 0.15) is 32.1 Å². The molecule has 2 aliphatic heterocycles. The topological polar surface area (TPSA) is 170 Å². The van der Waals surface area contributed by atoms with Crippen LogP contribution in [0.3, 0.4) is 0 Å². The predicted octanol–water partition coefficient (Wildman–Crippen LogP) is -0.980. The van der Waals surface area contributed by atoms with Gasteiger partial charge in [0.05, 0.1) is 17.4 Å². The summed E-state index contributed by atoms with van der Waals surface area (Å²) in [7, 11) is -4.08. The average Bonchev–Trinajstić information content (AvgIpc) is 2.90. The number of hydrazine groups is 1. The van der Waals surface area contributed by atoms with E-state index in [0.29, 0.717) is 6.42 Å². The van der Waals surface area contributed by atoms with Crippen LogP contribution in [0.25, 0.3) is 0 Å². The number of nitrogens with zero attached hydrogens (tertiary/aromatic N) is 2. The molecule has 33 heavy (non-hydrogen) atoms. The minimum atomic E-state index is -4.08. The number of sulfonamides is 1. The number of nitrogens with one attached hydrogen (secondary N) is 2. The average molecular weight is 480 g/mol. The fourth-order valence-corrected chi connectivity index (χ4v) is 5.08. The largest absolute Gasteiger partial charge is 0.481 e. The molecule has 0 aliphatic carbocycles. The molecule has 0 saturated carbocycles. The fraction of sp³-hybridized carbons (Fsp3) is 0.450. The summed E-state index contributed by atoms with van der Waals surface area (Å²) in [6.45, 7) is 0.165. The Hall–Kier alpha value is -3.32. The molecule has 3 N–H and O–H groups in total. The summed E-state index contributed by atoms with van der Waals surface area (Å²) in [5, 5.41) is 13.2. The number of aliphatic carboxylic acids is 1.